The highest BCUT2D eigenvalue weighted by atomic mass is 32.2. The minimum atomic E-state index is -0.622. The van der Waals surface area contributed by atoms with Gasteiger partial charge in [-0.25, -0.2) is 0 Å². The first-order valence-electron chi connectivity index (χ1n) is 11.9. The fourth-order valence-electron chi connectivity index (χ4n) is 6.17. The fourth-order valence-corrected chi connectivity index (χ4v) is 8.59. The second-order valence-corrected chi connectivity index (χ2v) is 11.3. The van der Waals surface area contributed by atoms with Crippen molar-refractivity contribution in [1.29, 1.82) is 0 Å². The Morgan fingerprint density at radius 2 is 1.97 bits per heavy atom. The molecular formula is C25H35N3O4S. The molecule has 3 heterocycles. The molecule has 4 rings (SSSR count). The number of hydrogen-bond donors (Lipinski definition) is 3. The van der Waals surface area contributed by atoms with Gasteiger partial charge >= 0.3 is 0 Å². The lowest BCUT2D eigenvalue weighted by Gasteiger charge is -2.38. The standard InChI is InChI=1S/C25H35N3O4S/c1-14-8-9-15(2)17(12-14)27-23(31)21-25-16(3)13-18(33-25)19(22(30)26-4)20(25)24(32)28(21)10-6-5-7-11-29/h8-9,12,16,18-21,29H,5-7,10-11,13H2,1-4H3,(H,26,30)(H,27,31)/t16?,18-,19+,20+,21?,25?/m1/s1. The second kappa shape index (κ2) is 9.29. The maximum Gasteiger partial charge on any atom is 0.248 e. The van der Waals surface area contributed by atoms with Crippen LogP contribution in [0.25, 0.3) is 0 Å². The Labute approximate surface area is 200 Å². The van der Waals surface area contributed by atoms with Crippen molar-refractivity contribution < 1.29 is 19.5 Å². The quantitative estimate of drug-likeness (QED) is 0.504. The minimum Gasteiger partial charge on any atom is -0.396 e. The van der Waals surface area contributed by atoms with Gasteiger partial charge in [-0.15, -0.1) is 11.8 Å². The number of aliphatic hydroxyl groups is 1. The Morgan fingerprint density at radius 3 is 2.67 bits per heavy atom. The number of aryl methyl sites for hydroxylation is 2. The van der Waals surface area contributed by atoms with Crippen LogP contribution in [0.15, 0.2) is 18.2 Å². The van der Waals surface area contributed by atoms with Crippen LogP contribution < -0.4 is 10.6 Å². The third-order valence-corrected chi connectivity index (χ3v) is 9.83. The van der Waals surface area contributed by atoms with E-state index >= 15 is 0 Å². The van der Waals surface area contributed by atoms with Gasteiger partial charge < -0.3 is 20.6 Å². The van der Waals surface area contributed by atoms with Gasteiger partial charge in [-0.2, -0.15) is 0 Å². The molecule has 3 aliphatic heterocycles. The van der Waals surface area contributed by atoms with Crippen LogP contribution >= 0.6 is 11.8 Å². The zero-order valence-electron chi connectivity index (χ0n) is 19.9. The van der Waals surface area contributed by atoms with Gasteiger partial charge in [-0.05, 0) is 62.6 Å². The first-order valence-corrected chi connectivity index (χ1v) is 12.8. The van der Waals surface area contributed by atoms with Crippen molar-refractivity contribution in [3.63, 3.8) is 0 Å². The molecule has 3 fully saturated rings. The van der Waals surface area contributed by atoms with Crippen molar-refractivity contribution in [2.24, 2.45) is 17.8 Å². The van der Waals surface area contributed by atoms with E-state index in [4.69, 9.17) is 5.11 Å². The number of thioether (sulfide) groups is 1. The molecule has 6 atom stereocenters. The molecule has 1 aromatic rings. The molecular weight excluding hydrogens is 438 g/mol. The summed E-state index contributed by atoms with van der Waals surface area (Å²) < 4.78 is -0.599. The second-order valence-electron chi connectivity index (χ2n) is 9.79. The normalized spacial score (nSPS) is 32.2. The molecule has 3 amide bonds. The molecule has 7 nitrogen and oxygen atoms in total. The van der Waals surface area contributed by atoms with E-state index in [-0.39, 0.29) is 35.5 Å². The van der Waals surface area contributed by atoms with Crippen molar-refractivity contribution in [2.45, 2.75) is 62.5 Å². The predicted octanol–water partition coefficient (Wildman–Crippen LogP) is 2.49. The van der Waals surface area contributed by atoms with Crippen LogP contribution in [0.3, 0.4) is 0 Å². The summed E-state index contributed by atoms with van der Waals surface area (Å²) in [5.41, 5.74) is 2.79. The maximum atomic E-state index is 13.9. The molecule has 3 N–H and O–H groups in total. The van der Waals surface area contributed by atoms with Crippen molar-refractivity contribution >= 4 is 35.2 Å². The molecule has 180 valence electrons. The number of carbonyl (C=O) groups is 3. The number of unbranched alkanes of at least 4 members (excludes halogenated alkanes) is 2. The number of rotatable bonds is 8. The minimum absolute atomic E-state index is 0.0569. The van der Waals surface area contributed by atoms with Crippen LogP contribution in [-0.4, -0.2) is 64.0 Å². The zero-order valence-corrected chi connectivity index (χ0v) is 20.7. The van der Waals surface area contributed by atoms with Crippen molar-refractivity contribution in [1.82, 2.24) is 10.2 Å². The van der Waals surface area contributed by atoms with E-state index in [2.05, 4.69) is 17.6 Å². The van der Waals surface area contributed by atoms with Crippen molar-refractivity contribution in [3.8, 4) is 0 Å². The largest absolute Gasteiger partial charge is 0.396 e. The molecule has 3 unspecified atom stereocenters. The number of nitrogens with one attached hydrogen (secondary N) is 2. The van der Waals surface area contributed by atoms with Gasteiger partial charge in [0.1, 0.15) is 6.04 Å². The lowest BCUT2D eigenvalue weighted by atomic mass is 9.66. The number of carbonyl (C=O) groups excluding carboxylic acids is 3. The number of anilines is 1. The van der Waals surface area contributed by atoms with E-state index in [1.54, 1.807) is 23.7 Å². The Bertz CT molecular complexity index is 954. The Balaban J connectivity index is 1.70. The SMILES string of the molecule is CNC(=O)[C@@H]1[C@H]2C(=O)N(CCCCCO)C(C(=O)Nc3cc(C)ccc3C)C23S[C@@H]1CC3C. The third kappa shape index (κ3) is 3.85. The molecule has 8 heteroatoms. The Morgan fingerprint density at radius 1 is 1.21 bits per heavy atom. The number of hydrogen-bond acceptors (Lipinski definition) is 5. The topological polar surface area (TPSA) is 98.7 Å². The number of amides is 3. The Hall–Kier alpha value is -2.06. The summed E-state index contributed by atoms with van der Waals surface area (Å²) >= 11 is 1.69. The third-order valence-electron chi connectivity index (χ3n) is 7.75. The summed E-state index contributed by atoms with van der Waals surface area (Å²) in [5, 5.41) is 15.1. The van der Waals surface area contributed by atoms with Crippen LogP contribution in [0.4, 0.5) is 5.69 Å². The highest BCUT2D eigenvalue weighted by Gasteiger charge is 2.75. The maximum absolute atomic E-state index is 13.9. The van der Waals surface area contributed by atoms with E-state index < -0.39 is 22.6 Å². The van der Waals surface area contributed by atoms with Gasteiger partial charge in [0.05, 0.1) is 16.6 Å². The number of aliphatic hydroxyl groups excluding tert-OH is 1. The summed E-state index contributed by atoms with van der Waals surface area (Å²) in [6.07, 6.45) is 3.01. The molecule has 0 radical (unpaired) electrons. The van der Waals surface area contributed by atoms with E-state index in [1.807, 2.05) is 32.0 Å². The van der Waals surface area contributed by atoms with Gasteiger partial charge in [0.2, 0.25) is 17.7 Å². The lowest BCUT2D eigenvalue weighted by Crippen LogP contribution is -2.55. The summed E-state index contributed by atoms with van der Waals surface area (Å²) in [6.45, 7) is 6.65. The smallest absolute Gasteiger partial charge is 0.248 e. The number of likely N-dealkylation sites (tertiary alicyclic amines) is 1. The van der Waals surface area contributed by atoms with Crippen LogP contribution in [0, 0.1) is 31.6 Å². The summed E-state index contributed by atoms with van der Waals surface area (Å²) in [7, 11) is 1.62. The number of fused-ring (bicyclic) bond motifs is 1. The summed E-state index contributed by atoms with van der Waals surface area (Å²) in [5.74, 6) is -1.07. The van der Waals surface area contributed by atoms with E-state index in [9.17, 15) is 14.4 Å². The first-order chi connectivity index (χ1) is 15.8. The van der Waals surface area contributed by atoms with Crippen molar-refractivity contribution in [3.05, 3.63) is 29.3 Å². The number of benzene rings is 1. The van der Waals surface area contributed by atoms with Gasteiger partial charge in [0, 0.05) is 31.1 Å². The van der Waals surface area contributed by atoms with Crippen molar-refractivity contribution in [2.75, 3.05) is 25.5 Å². The Kier molecular flexibility index (Phi) is 6.78. The van der Waals surface area contributed by atoms with Crippen LogP contribution in [-0.2, 0) is 14.4 Å². The highest BCUT2D eigenvalue weighted by Crippen LogP contribution is 2.68. The summed E-state index contributed by atoms with van der Waals surface area (Å²) in [4.78, 5) is 42.3. The molecule has 0 saturated carbocycles. The number of nitrogens with zero attached hydrogens (tertiary/aromatic N) is 1. The van der Waals surface area contributed by atoms with Gasteiger partial charge in [-0.3, -0.25) is 14.4 Å². The molecule has 2 bridgehead atoms. The summed E-state index contributed by atoms with van der Waals surface area (Å²) in [6, 6.07) is 5.33. The predicted molar refractivity (Wildman–Crippen MR) is 130 cm³/mol. The van der Waals surface area contributed by atoms with Gasteiger partial charge in [-0.1, -0.05) is 19.1 Å². The monoisotopic (exact) mass is 473 g/mol. The van der Waals surface area contributed by atoms with Gasteiger partial charge in [0.25, 0.3) is 0 Å². The average molecular weight is 474 g/mol. The molecule has 0 aliphatic carbocycles. The average Bonchev–Trinajstić information content (AvgIpc) is 3.37. The molecule has 0 aromatic heterocycles. The van der Waals surface area contributed by atoms with Crippen LogP contribution in [0.1, 0.15) is 43.7 Å². The zero-order chi connectivity index (χ0) is 23.9. The molecule has 1 aromatic carbocycles. The molecule has 3 saturated heterocycles. The molecule has 3 aliphatic rings. The van der Waals surface area contributed by atoms with Crippen LogP contribution in [0.5, 0.6) is 0 Å². The highest BCUT2D eigenvalue weighted by molar-refractivity contribution is 8.02. The fraction of sp³-hybridized carbons (Fsp3) is 0.640. The molecule has 1 spiro atoms. The first kappa shape index (κ1) is 24.1. The van der Waals surface area contributed by atoms with Crippen LogP contribution in [0.2, 0.25) is 0 Å². The lowest BCUT2D eigenvalue weighted by molar-refractivity contribution is -0.139. The van der Waals surface area contributed by atoms with E-state index in [0.29, 0.717) is 13.0 Å². The van der Waals surface area contributed by atoms with Gasteiger partial charge in [0.15, 0.2) is 0 Å². The molecule has 33 heavy (non-hydrogen) atoms. The van der Waals surface area contributed by atoms with E-state index in [0.717, 1.165) is 36.1 Å². The van der Waals surface area contributed by atoms with E-state index in [1.165, 1.54) is 0 Å².